The first-order valence-electron chi connectivity index (χ1n) is 10.5. The van der Waals surface area contributed by atoms with Gasteiger partial charge in [-0.05, 0) is 54.4 Å². The Labute approximate surface area is 202 Å². The molecule has 166 valence electrons. The summed E-state index contributed by atoms with van der Waals surface area (Å²) in [4.78, 5) is 19.8. The van der Waals surface area contributed by atoms with Crippen molar-refractivity contribution < 1.29 is 9.18 Å². The zero-order valence-corrected chi connectivity index (χ0v) is 19.4. The number of halogens is 3. The van der Waals surface area contributed by atoms with Gasteiger partial charge in [0.15, 0.2) is 0 Å². The van der Waals surface area contributed by atoms with Crippen LogP contribution in [-0.2, 0) is 0 Å². The van der Waals surface area contributed by atoms with E-state index in [1.54, 1.807) is 35.5 Å². The second kappa shape index (κ2) is 10.2. The van der Waals surface area contributed by atoms with E-state index < -0.39 is 11.9 Å². The molecule has 0 saturated carbocycles. The van der Waals surface area contributed by atoms with Gasteiger partial charge in [0.25, 0.3) is 5.91 Å². The third-order valence-corrected chi connectivity index (χ3v) is 6.01. The van der Waals surface area contributed by atoms with Gasteiger partial charge in [0, 0.05) is 39.1 Å². The molecule has 0 spiro atoms. The summed E-state index contributed by atoms with van der Waals surface area (Å²) in [6.45, 7) is 1.98. The van der Waals surface area contributed by atoms with E-state index in [-0.39, 0.29) is 11.5 Å². The Balaban J connectivity index is 1.94. The molecule has 1 atom stereocenters. The third kappa shape index (κ3) is 4.92. The minimum absolute atomic E-state index is 0.250. The van der Waals surface area contributed by atoms with Crippen LogP contribution in [0.3, 0.4) is 0 Å². The van der Waals surface area contributed by atoms with Crippen LogP contribution in [0.1, 0.15) is 35.3 Å². The molecule has 4 aromatic rings. The maximum atomic E-state index is 14.0. The lowest BCUT2D eigenvalue weighted by Crippen LogP contribution is -2.35. The van der Waals surface area contributed by atoms with Crippen LogP contribution in [0, 0.1) is 5.82 Å². The number of hydrogen-bond donors (Lipinski definition) is 0. The molecule has 3 nitrogen and oxygen atoms in total. The lowest BCUT2D eigenvalue weighted by molar-refractivity contribution is 0.0975. The highest BCUT2D eigenvalue weighted by atomic mass is 35.5. The van der Waals surface area contributed by atoms with Crippen molar-refractivity contribution in [3.63, 3.8) is 0 Å². The normalized spacial score (nSPS) is 11.8. The molecule has 4 rings (SSSR count). The molecule has 0 aliphatic heterocycles. The minimum Gasteiger partial charge on any atom is -0.300 e. The van der Waals surface area contributed by atoms with Gasteiger partial charge in [-0.1, -0.05) is 66.5 Å². The zero-order valence-electron chi connectivity index (χ0n) is 17.9. The van der Waals surface area contributed by atoms with Gasteiger partial charge >= 0.3 is 0 Å². The van der Waals surface area contributed by atoms with E-state index in [1.165, 1.54) is 18.2 Å². The van der Waals surface area contributed by atoms with Crippen molar-refractivity contribution in [3.8, 4) is 11.1 Å². The first-order chi connectivity index (χ1) is 16.0. The SMILES string of the molecule is CC[C@@H](c1ccc(Cl)cc1Cl)N(C(=O)c1cccc(F)c1)c1ccccc1-c1cccnc1. The summed E-state index contributed by atoms with van der Waals surface area (Å²) in [7, 11) is 0. The van der Waals surface area contributed by atoms with Gasteiger partial charge in [-0.25, -0.2) is 4.39 Å². The van der Waals surface area contributed by atoms with E-state index >= 15 is 0 Å². The quantitative estimate of drug-likeness (QED) is 0.281. The molecule has 0 N–H and O–H groups in total. The Morgan fingerprint density at radius 3 is 2.52 bits per heavy atom. The van der Waals surface area contributed by atoms with Crippen molar-refractivity contribution in [2.24, 2.45) is 0 Å². The molecule has 1 aromatic heterocycles. The molecule has 0 saturated heterocycles. The molecular formula is C27H21Cl2FN2O. The van der Waals surface area contributed by atoms with Crippen LogP contribution in [0.4, 0.5) is 10.1 Å². The second-order valence-corrected chi connectivity index (χ2v) is 8.38. The number of nitrogens with zero attached hydrogens (tertiary/aromatic N) is 2. The van der Waals surface area contributed by atoms with Crippen LogP contribution in [-0.4, -0.2) is 10.9 Å². The summed E-state index contributed by atoms with van der Waals surface area (Å²) in [5.74, 6) is -0.803. The summed E-state index contributed by atoms with van der Waals surface area (Å²) in [6.07, 6.45) is 4.02. The summed E-state index contributed by atoms with van der Waals surface area (Å²) in [5, 5.41) is 0.975. The molecule has 1 heterocycles. The van der Waals surface area contributed by atoms with Crippen molar-refractivity contribution in [2.75, 3.05) is 4.90 Å². The summed E-state index contributed by atoms with van der Waals surface area (Å²) >= 11 is 12.7. The smallest absolute Gasteiger partial charge is 0.258 e. The highest BCUT2D eigenvalue weighted by Crippen LogP contribution is 2.40. The van der Waals surface area contributed by atoms with Gasteiger partial charge < -0.3 is 4.90 Å². The number of pyridine rings is 1. The van der Waals surface area contributed by atoms with E-state index in [0.29, 0.717) is 22.2 Å². The standard InChI is InChI=1S/C27H21Cl2FN2O/c1-2-25(23-13-12-20(28)16-24(23)29)32(27(33)18-7-5-9-21(30)15-18)26-11-4-3-10-22(26)19-8-6-14-31-17-19/h3-17,25H,2H2,1H3/t25-/m0/s1. The maximum absolute atomic E-state index is 14.0. The Bertz CT molecular complexity index is 1280. The van der Waals surface area contributed by atoms with E-state index in [1.807, 2.05) is 49.4 Å². The lowest BCUT2D eigenvalue weighted by Gasteiger charge is -2.34. The molecule has 1 amide bonds. The fourth-order valence-electron chi connectivity index (χ4n) is 3.94. The molecule has 33 heavy (non-hydrogen) atoms. The fourth-order valence-corrected chi connectivity index (χ4v) is 4.48. The first kappa shape index (κ1) is 23.0. The van der Waals surface area contributed by atoms with Crippen molar-refractivity contribution in [2.45, 2.75) is 19.4 Å². The molecule has 0 radical (unpaired) electrons. The summed E-state index contributed by atoms with van der Waals surface area (Å²) < 4.78 is 14.0. The molecule has 3 aromatic carbocycles. The van der Waals surface area contributed by atoms with Crippen LogP contribution in [0.15, 0.2) is 91.3 Å². The Kier molecular flexibility index (Phi) is 7.07. The number of anilines is 1. The predicted octanol–water partition coefficient (Wildman–Crippen LogP) is 7.99. The second-order valence-electron chi connectivity index (χ2n) is 7.53. The number of carbonyl (C=O) groups excluding carboxylic acids is 1. The lowest BCUT2D eigenvalue weighted by atomic mass is 9.97. The number of para-hydroxylation sites is 1. The molecule has 0 bridgehead atoms. The average Bonchev–Trinajstić information content (AvgIpc) is 2.83. The monoisotopic (exact) mass is 478 g/mol. The molecule has 0 fully saturated rings. The minimum atomic E-state index is -0.473. The Hall–Kier alpha value is -3.21. The number of aromatic nitrogens is 1. The van der Waals surface area contributed by atoms with E-state index in [4.69, 9.17) is 23.2 Å². The van der Waals surface area contributed by atoms with Gasteiger partial charge in [-0.15, -0.1) is 0 Å². The van der Waals surface area contributed by atoms with Crippen LogP contribution in [0.25, 0.3) is 11.1 Å². The number of rotatable bonds is 6. The van der Waals surface area contributed by atoms with Gasteiger partial charge in [0.1, 0.15) is 5.82 Å². The number of benzene rings is 3. The van der Waals surface area contributed by atoms with Gasteiger partial charge in [-0.2, -0.15) is 0 Å². The first-order valence-corrected chi connectivity index (χ1v) is 11.3. The van der Waals surface area contributed by atoms with E-state index in [2.05, 4.69) is 4.98 Å². The van der Waals surface area contributed by atoms with Crippen LogP contribution >= 0.6 is 23.2 Å². The van der Waals surface area contributed by atoms with Crippen LogP contribution < -0.4 is 4.90 Å². The van der Waals surface area contributed by atoms with Gasteiger partial charge in [-0.3, -0.25) is 9.78 Å². The molecule has 0 unspecified atom stereocenters. The highest BCUT2D eigenvalue weighted by Gasteiger charge is 2.30. The van der Waals surface area contributed by atoms with Crippen LogP contribution in [0.5, 0.6) is 0 Å². The Morgan fingerprint density at radius 2 is 1.82 bits per heavy atom. The summed E-state index contributed by atoms with van der Waals surface area (Å²) in [5.41, 5.74) is 3.38. The largest absolute Gasteiger partial charge is 0.300 e. The van der Waals surface area contributed by atoms with E-state index in [0.717, 1.165) is 16.7 Å². The molecular weight excluding hydrogens is 458 g/mol. The van der Waals surface area contributed by atoms with Gasteiger partial charge in [0.2, 0.25) is 0 Å². The molecule has 0 aliphatic carbocycles. The van der Waals surface area contributed by atoms with Crippen molar-refractivity contribution >= 4 is 34.8 Å². The maximum Gasteiger partial charge on any atom is 0.258 e. The predicted molar refractivity (Wildman–Crippen MR) is 132 cm³/mol. The number of amides is 1. The average molecular weight is 479 g/mol. The van der Waals surface area contributed by atoms with Crippen molar-refractivity contribution in [1.29, 1.82) is 0 Å². The zero-order chi connectivity index (χ0) is 23.4. The van der Waals surface area contributed by atoms with E-state index in [9.17, 15) is 9.18 Å². The fraction of sp³-hybridized carbons (Fsp3) is 0.111. The van der Waals surface area contributed by atoms with Crippen molar-refractivity contribution in [1.82, 2.24) is 4.98 Å². The topological polar surface area (TPSA) is 33.2 Å². The third-order valence-electron chi connectivity index (χ3n) is 5.45. The van der Waals surface area contributed by atoms with Crippen LogP contribution in [0.2, 0.25) is 10.0 Å². The number of carbonyl (C=O) groups is 1. The molecule has 0 aliphatic rings. The summed E-state index contributed by atoms with van der Waals surface area (Å²) in [6, 6.07) is 21.9. The highest BCUT2D eigenvalue weighted by molar-refractivity contribution is 6.35. The molecule has 6 heteroatoms. The number of hydrogen-bond acceptors (Lipinski definition) is 2. The Morgan fingerprint density at radius 1 is 1.00 bits per heavy atom. The van der Waals surface area contributed by atoms with Gasteiger partial charge in [0.05, 0.1) is 11.7 Å². The van der Waals surface area contributed by atoms with Crippen molar-refractivity contribution in [3.05, 3.63) is 118 Å².